The lowest BCUT2D eigenvalue weighted by Gasteiger charge is -2.09. The zero-order valence-electron chi connectivity index (χ0n) is 10.4. The number of carbonyl (C=O) groups is 1. The molecule has 2 aromatic carbocycles. The van der Waals surface area contributed by atoms with Crippen molar-refractivity contribution in [1.29, 1.82) is 0 Å². The van der Waals surface area contributed by atoms with E-state index in [0.29, 0.717) is 11.3 Å². The fourth-order valence-electron chi connectivity index (χ4n) is 1.58. The standard InChI is InChI=1S/C15H14NO2/c1-11-8-9-13(18-2)10-14(11)16-15(17)12-6-4-3-5-7-12/h3-8,10H,1-2H3,(H,16,17). The highest BCUT2D eigenvalue weighted by Gasteiger charge is 2.07. The van der Waals surface area contributed by atoms with Crippen LogP contribution in [0.2, 0.25) is 0 Å². The normalized spacial score (nSPS) is 9.89. The molecule has 2 aromatic rings. The number of hydrogen-bond donors (Lipinski definition) is 1. The second kappa shape index (κ2) is 5.36. The van der Waals surface area contributed by atoms with Crippen molar-refractivity contribution in [2.75, 3.05) is 12.4 Å². The van der Waals surface area contributed by atoms with E-state index < -0.39 is 0 Å². The lowest BCUT2D eigenvalue weighted by molar-refractivity contribution is 0.102. The van der Waals surface area contributed by atoms with E-state index in [9.17, 15) is 4.79 Å². The third kappa shape index (κ3) is 2.69. The minimum absolute atomic E-state index is 0.132. The first kappa shape index (κ1) is 12.2. The molecule has 2 rings (SSSR count). The molecule has 0 heterocycles. The van der Waals surface area contributed by atoms with E-state index in [-0.39, 0.29) is 5.91 Å². The molecule has 0 unspecified atom stereocenters. The first-order chi connectivity index (χ1) is 8.70. The Hall–Kier alpha value is -2.29. The van der Waals surface area contributed by atoms with E-state index in [4.69, 9.17) is 4.74 Å². The molecule has 1 N–H and O–H groups in total. The van der Waals surface area contributed by atoms with Crippen molar-refractivity contribution in [2.45, 2.75) is 6.92 Å². The molecule has 91 valence electrons. The van der Waals surface area contributed by atoms with Crippen LogP contribution < -0.4 is 10.1 Å². The van der Waals surface area contributed by atoms with Crippen molar-refractivity contribution in [1.82, 2.24) is 0 Å². The number of carbonyl (C=O) groups excluding carboxylic acids is 1. The Morgan fingerprint density at radius 3 is 2.67 bits per heavy atom. The SMILES string of the molecule is COc1[c]cc(C)c(NC(=O)c2ccccc2)c1. The molecule has 0 bridgehead atoms. The molecule has 0 aliphatic carbocycles. The summed E-state index contributed by atoms with van der Waals surface area (Å²) >= 11 is 0. The topological polar surface area (TPSA) is 38.3 Å². The van der Waals surface area contributed by atoms with Gasteiger partial charge in [0.2, 0.25) is 0 Å². The molecule has 0 aliphatic rings. The summed E-state index contributed by atoms with van der Waals surface area (Å²) in [5, 5.41) is 2.86. The van der Waals surface area contributed by atoms with Crippen LogP contribution in [-0.2, 0) is 0 Å². The Morgan fingerprint density at radius 2 is 2.00 bits per heavy atom. The van der Waals surface area contributed by atoms with Gasteiger partial charge in [-0.25, -0.2) is 0 Å². The van der Waals surface area contributed by atoms with Crippen molar-refractivity contribution in [2.24, 2.45) is 0 Å². The Balaban J connectivity index is 2.21. The Morgan fingerprint density at radius 1 is 1.28 bits per heavy atom. The van der Waals surface area contributed by atoms with Gasteiger partial charge in [-0.2, -0.15) is 0 Å². The molecule has 0 spiro atoms. The van der Waals surface area contributed by atoms with E-state index in [1.165, 1.54) is 0 Å². The molecule has 1 amide bonds. The predicted octanol–water partition coefficient (Wildman–Crippen LogP) is 3.06. The number of rotatable bonds is 3. The summed E-state index contributed by atoms with van der Waals surface area (Å²) in [4.78, 5) is 12.0. The van der Waals surface area contributed by atoms with Crippen LogP contribution in [0.3, 0.4) is 0 Å². The highest BCUT2D eigenvalue weighted by Crippen LogP contribution is 2.21. The summed E-state index contributed by atoms with van der Waals surface area (Å²) in [6, 6.07) is 15.6. The minimum atomic E-state index is -0.132. The van der Waals surface area contributed by atoms with Crippen molar-refractivity contribution >= 4 is 11.6 Å². The first-order valence-electron chi connectivity index (χ1n) is 5.63. The van der Waals surface area contributed by atoms with Crippen molar-refractivity contribution in [3.63, 3.8) is 0 Å². The average Bonchev–Trinajstić information content (AvgIpc) is 2.42. The predicted molar refractivity (Wildman–Crippen MR) is 71.0 cm³/mol. The number of hydrogen-bond acceptors (Lipinski definition) is 2. The zero-order valence-corrected chi connectivity index (χ0v) is 10.4. The highest BCUT2D eigenvalue weighted by molar-refractivity contribution is 6.04. The van der Waals surface area contributed by atoms with Crippen LogP contribution in [0.25, 0.3) is 0 Å². The van der Waals surface area contributed by atoms with Gasteiger partial charge in [-0.15, -0.1) is 0 Å². The molecule has 0 atom stereocenters. The fraction of sp³-hybridized carbons (Fsp3) is 0.133. The minimum Gasteiger partial charge on any atom is -0.496 e. The maximum absolute atomic E-state index is 12.0. The Labute approximate surface area is 106 Å². The van der Waals surface area contributed by atoms with Crippen LogP contribution in [0.4, 0.5) is 5.69 Å². The van der Waals surface area contributed by atoms with Crippen LogP contribution in [0.5, 0.6) is 5.75 Å². The maximum Gasteiger partial charge on any atom is 0.255 e. The van der Waals surface area contributed by atoms with Gasteiger partial charge in [0.05, 0.1) is 7.11 Å². The molecule has 0 fully saturated rings. The van der Waals surface area contributed by atoms with Crippen molar-refractivity contribution < 1.29 is 9.53 Å². The second-order valence-electron chi connectivity index (χ2n) is 3.92. The Kier molecular flexibility index (Phi) is 3.63. The molecule has 0 aromatic heterocycles. The molecular formula is C15H14NO2. The number of ether oxygens (including phenoxy) is 1. The van der Waals surface area contributed by atoms with Crippen LogP contribution in [0, 0.1) is 13.0 Å². The molecule has 0 aliphatic heterocycles. The fourth-order valence-corrected chi connectivity index (χ4v) is 1.58. The summed E-state index contributed by atoms with van der Waals surface area (Å²) in [7, 11) is 1.57. The molecule has 3 nitrogen and oxygen atoms in total. The van der Waals surface area contributed by atoms with Crippen LogP contribution in [0.15, 0.2) is 42.5 Å². The van der Waals surface area contributed by atoms with Gasteiger partial charge in [-0.3, -0.25) is 4.79 Å². The Bertz CT molecular complexity index is 550. The van der Waals surface area contributed by atoms with Crippen LogP contribution in [0.1, 0.15) is 15.9 Å². The lowest BCUT2D eigenvalue weighted by atomic mass is 10.1. The van der Waals surface area contributed by atoms with Gasteiger partial charge < -0.3 is 10.1 Å². The van der Waals surface area contributed by atoms with E-state index >= 15 is 0 Å². The summed E-state index contributed by atoms with van der Waals surface area (Å²) in [6.45, 7) is 1.91. The number of aryl methyl sites for hydroxylation is 1. The third-order valence-corrected chi connectivity index (χ3v) is 2.64. The third-order valence-electron chi connectivity index (χ3n) is 2.64. The highest BCUT2D eigenvalue weighted by atomic mass is 16.5. The van der Waals surface area contributed by atoms with Gasteiger partial charge >= 0.3 is 0 Å². The van der Waals surface area contributed by atoms with E-state index in [1.807, 2.05) is 25.1 Å². The molecule has 18 heavy (non-hydrogen) atoms. The van der Waals surface area contributed by atoms with Crippen LogP contribution >= 0.6 is 0 Å². The first-order valence-corrected chi connectivity index (χ1v) is 5.63. The molecule has 0 saturated heterocycles. The van der Waals surface area contributed by atoms with Gasteiger partial charge in [0.1, 0.15) is 5.75 Å². The van der Waals surface area contributed by atoms with Gasteiger partial charge in [-0.1, -0.05) is 18.2 Å². The monoisotopic (exact) mass is 240 g/mol. The smallest absolute Gasteiger partial charge is 0.255 e. The van der Waals surface area contributed by atoms with E-state index in [0.717, 1.165) is 11.3 Å². The van der Waals surface area contributed by atoms with Gasteiger partial charge in [0.15, 0.2) is 0 Å². The summed E-state index contributed by atoms with van der Waals surface area (Å²) < 4.78 is 5.09. The lowest BCUT2D eigenvalue weighted by Crippen LogP contribution is -2.12. The molecule has 3 heteroatoms. The van der Waals surface area contributed by atoms with Gasteiger partial charge in [0, 0.05) is 23.4 Å². The number of amides is 1. The summed E-state index contributed by atoms with van der Waals surface area (Å²) in [5.41, 5.74) is 2.31. The number of nitrogens with one attached hydrogen (secondary N) is 1. The maximum atomic E-state index is 12.0. The number of anilines is 1. The van der Waals surface area contributed by atoms with Gasteiger partial charge in [-0.05, 0) is 30.7 Å². The van der Waals surface area contributed by atoms with E-state index in [1.54, 1.807) is 31.4 Å². The number of methoxy groups -OCH3 is 1. The van der Waals surface area contributed by atoms with E-state index in [2.05, 4.69) is 11.4 Å². The second-order valence-corrected chi connectivity index (χ2v) is 3.92. The molecule has 1 radical (unpaired) electrons. The van der Waals surface area contributed by atoms with Crippen molar-refractivity contribution in [3.05, 3.63) is 59.7 Å². The number of benzene rings is 2. The zero-order chi connectivity index (χ0) is 13.0. The summed E-state index contributed by atoms with van der Waals surface area (Å²) in [6.07, 6.45) is 0. The largest absolute Gasteiger partial charge is 0.496 e. The van der Waals surface area contributed by atoms with Crippen molar-refractivity contribution in [3.8, 4) is 5.75 Å². The molecule has 0 saturated carbocycles. The average molecular weight is 240 g/mol. The van der Waals surface area contributed by atoms with Gasteiger partial charge in [0.25, 0.3) is 5.91 Å². The quantitative estimate of drug-likeness (QED) is 0.895. The van der Waals surface area contributed by atoms with Crippen LogP contribution in [-0.4, -0.2) is 13.0 Å². The summed E-state index contributed by atoms with van der Waals surface area (Å²) in [5.74, 6) is 0.468. The molecular weight excluding hydrogens is 226 g/mol.